The number of piperidine rings is 4. The number of carbonyl (C=O) groups is 2. The van der Waals surface area contributed by atoms with Gasteiger partial charge in [0.1, 0.15) is 71.9 Å². The molecule has 0 radical (unpaired) electrons. The van der Waals surface area contributed by atoms with Crippen LogP contribution >= 0.6 is 0 Å². The molecule has 0 amide bonds. The van der Waals surface area contributed by atoms with Crippen LogP contribution < -0.4 is 64.0 Å². The van der Waals surface area contributed by atoms with Gasteiger partial charge in [0, 0.05) is 121 Å². The number of aromatic hydroxyl groups is 2. The van der Waals surface area contributed by atoms with E-state index in [2.05, 4.69) is 107 Å². The van der Waals surface area contributed by atoms with Crippen molar-refractivity contribution in [1.29, 1.82) is 0 Å². The Kier molecular flexibility index (Phi) is 20.6. The highest BCUT2D eigenvalue weighted by Crippen LogP contribution is 2.49. The smallest absolute Gasteiger partial charge is 0.341 e. The maximum Gasteiger partial charge on any atom is 0.341 e. The lowest BCUT2D eigenvalue weighted by Crippen LogP contribution is -3.00. The molecule has 0 aromatic heterocycles. The van der Waals surface area contributed by atoms with Crippen molar-refractivity contribution in [2.24, 2.45) is 5.41 Å². The third kappa shape index (κ3) is 14.9. The fraction of sp³-hybridized carbons (Fsp3) is 0.403. The van der Waals surface area contributed by atoms with Crippen LogP contribution in [0.1, 0.15) is 105 Å². The summed E-state index contributed by atoms with van der Waals surface area (Å²) in [5.41, 5.74) is 8.35. The number of carboxylic acid groups (broad SMARTS) is 2. The summed E-state index contributed by atoms with van der Waals surface area (Å²) in [6.07, 6.45) is 14.5. The van der Waals surface area contributed by atoms with Gasteiger partial charge in [-0.15, -0.1) is 0 Å². The molecule has 0 unspecified atom stereocenters. The van der Waals surface area contributed by atoms with E-state index >= 15 is 0 Å². The highest BCUT2D eigenvalue weighted by molar-refractivity contribution is 6.06. The van der Waals surface area contributed by atoms with Gasteiger partial charge in [-0.25, -0.2) is 18.7 Å². The van der Waals surface area contributed by atoms with Gasteiger partial charge in [0.2, 0.25) is 10.7 Å². The van der Waals surface area contributed by atoms with Crippen molar-refractivity contribution < 1.29 is 73.1 Å². The Bertz CT molecular complexity index is 3570. The third-order valence-corrected chi connectivity index (χ3v) is 15.5. The minimum Gasteiger partial charge on any atom is -1.00 e. The van der Waals surface area contributed by atoms with Gasteiger partial charge in [-0.3, -0.25) is 0 Å². The molecule has 16 heteroatoms. The van der Waals surface area contributed by atoms with Crippen molar-refractivity contribution in [2.45, 2.75) is 105 Å². The van der Waals surface area contributed by atoms with Gasteiger partial charge < -0.3 is 73.3 Å². The lowest BCUT2D eigenvalue weighted by atomic mass is 9.92. The number of nitrogens with zero attached hydrogens (tertiary/aromatic N) is 4. The maximum absolute atomic E-state index is 11.5. The molecular formula is C67H78Cl2N4O10. The second-order valence-corrected chi connectivity index (χ2v) is 23.5. The molecule has 12 rings (SSSR count). The predicted octanol–water partition coefficient (Wildman–Crippen LogP) is 6.70. The molecule has 14 nitrogen and oxygen atoms in total. The summed E-state index contributed by atoms with van der Waals surface area (Å²) in [4.78, 5) is 27.7. The Labute approximate surface area is 498 Å². The van der Waals surface area contributed by atoms with Gasteiger partial charge in [0.05, 0.1) is 23.3 Å². The monoisotopic (exact) mass is 1170 g/mol. The number of hydrogen-bond donors (Lipinski definition) is 4. The van der Waals surface area contributed by atoms with Crippen LogP contribution in [0.4, 0.5) is 11.4 Å². The number of phenols is 2. The first-order valence-corrected chi connectivity index (χ1v) is 29.2. The lowest BCUT2D eigenvalue weighted by molar-refractivity contribution is -0.140. The highest BCUT2D eigenvalue weighted by atomic mass is 35.5. The maximum atomic E-state index is 11.5. The normalized spacial score (nSPS) is 15.6. The zero-order valence-electron chi connectivity index (χ0n) is 48.2. The molecule has 6 heterocycles. The molecule has 83 heavy (non-hydrogen) atoms. The number of carboxylic acids is 2. The molecule has 4 saturated heterocycles. The number of fused-ring (bicyclic) bond motifs is 4. The summed E-state index contributed by atoms with van der Waals surface area (Å²) >= 11 is 0. The quantitative estimate of drug-likeness (QED) is 0.0846. The van der Waals surface area contributed by atoms with Crippen molar-refractivity contribution in [2.75, 3.05) is 75.4 Å². The van der Waals surface area contributed by atoms with Crippen LogP contribution in [0, 0.1) is 5.41 Å². The number of anilines is 2. The summed E-state index contributed by atoms with van der Waals surface area (Å²) in [6.45, 7) is 15.8. The average Bonchev–Trinajstić information content (AvgIpc) is 3.41. The Morgan fingerprint density at radius 3 is 1.25 bits per heavy atom. The molecule has 0 saturated carbocycles. The van der Waals surface area contributed by atoms with Crippen molar-refractivity contribution in [3.63, 3.8) is 0 Å². The number of rotatable bonds is 10. The van der Waals surface area contributed by atoms with Crippen LogP contribution in [0.25, 0.3) is 66.8 Å². The van der Waals surface area contributed by atoms with E-state index in [-0.39, 0.29) is 47.8 Å². The molecule has 0 atom stereocenters. The largest absolute Gasteiger partial charge is 1.00 e. The van der Waals surface area contributed by atoms with E-state index in [4.69, 9.17) is 18.3 Å². The lowest BCUT2D eigenvalue weighted by Gasteiger charge is -2.29. The topological polar surface area (TPSA) is 172 Å². The number of halogens is 2. The Morgan fingerprint density at radius 2 is 0.855 bits per heavy atom. The van der Waals surface area contributed by atoms with E-state index in [0.717, 1.165) is 145 Å². The van der Waals surface area contributed by atoms with Crippen LogP contribution in [0.15, 0.2) is 118 Å². The molecule has 4 aromatic carbocycles. The number of hydrogen-bond acceptors (Lipinski definition) is 10. The predicted molar refractivity (Wildman–Crippen MR) is 321 cm³/mol. The fourth-order valence-electron chi connectivity index (χ4n) is 11.7. The van der Waals surface area contributed by atoms with Crippen LogP contribution in [0.2, 0.25) is 0 Å². The van der Waals surface area contributed by atoms with Gasteiger partial charge in [-0.2, -0.15) is 0 Å². The van der Waals surface area contributed by atoms with E-state index < -0.39 is 25.2 Å². The molecule has 0 bridgehead atoms. The zero-order valence-corrected chi connectivity index (χ0v) is 49.7. The second kappa shape index (κ2) is 27.8. The van der Waals surface area contributed by atoms with Gasteiger partial charge in [0.25, 0.3) is 0 Å². The summed E-state index contributed by atoms with van der Waals surface area (Å²) < 4.78 is 29.5. The van der Waals surface area contributed by atoms with Crippen LogP contribution in [-0.4, -0.2) is 97.9 Å². The summed E-state index contributed by atoms with van der Waals surface area (Å²) in [5, 5.41) is 44.2. The highest BCUT2D eigenvalue weighted by Gasteiger charge is 2.28. The summed E-state index contributed by atoms with van der Waals surface area (Å²) in [5.74, 6) is -0.0925. The van der Waals surface area contributed by atoms with Crippen LogP contribution in [0.5, 0.6) is 23.0 Å². The van der Waals surface area contributed by atoms with Gasteiger partial charge in [0.15, 0.2) is 13.2 Å². The first-order chi connectivity index (χ1) is 39.2. The van der Waals surface area contributed by atoms with Crippen molar-refractivity contribution in [1.82, 2.24) is 9.15 Å². The van der Waals surface area contributed by atoms with E-state index in [1.54, 1.807) is 36.4 Å². The molecule has 4 fully saturated rings. The molecular weight excluding hydrogens is 1090 g/mol. The van der Waals surface area contributed by atoms with Gasteiger partial charge in [-0.05, 0) is 117 Å². The first kappa shape index (κ1) is 61.6. The van der Waals surface area contributed by atoms with Gasteiger partial charge in [-0.1, -0.05) is 39.8 Å². The molecule has 0 spiro atoms. The Morgan fingerprint density at radius 1 is 0.482 bits per heavy atom. The minimum atomic E-state index is -1.12. The Hall–Kier alpha value is -7.42. The minimum absolute atomic E-state index is 0. The van der Waals surface area contributed by atoms with Crippen LogP contribution in [0.3, 0.4) is 0 Å². The Balaban J connectivity index is 0.000000199. The van der Waals surface area contributed by atoms with Crippen LogP contribution in [-0.2, 0) is 9.59 Å². The van der Waals surface area contributed by atoms with Crippen molar-refractivity contribution in [3.05, 3.63) is 120 Å². The summed E-state index contributed by atoms with van der Waals surface area (Å²) in [6, 6.07) is 34.9. The second-order valence-electron chi connectivity index (χ2n) is 23.5. The number of benzene rings is 6. The van der Waals surface area contributed by atoms with Gasteiger partial charge >= 0.3 is 11.9 Å². The molecule has 6 aliphatic heterocycles. The number of phenolic OH excluding ortho intramolecular Hbond substituents is 2. The van der Waals surface area contributed by atoms with E-state index in [9.17, 15) is 30.0 Å². The summed E-state index contributed by atoms with van der Waals surface area (Å²) in [7, 11) is 0. The molecule has 440 valence electrons. The third-order valence-electron chi connectivity index (χ3n) is 15.5. The molecule has 4 N–H and O–H groups in total. The first-order valence-electron chi connectivity index (χ1n) is 29.2. The average molecular weight is 1170 g/mol. The number of ether oxygens (including phenoxy) is 2. The molecule has 8 aliphatic rings. The fourth-order valence-corrected chi connectivity index (χ4v) is 11.7. The van der Waals surface area contributed by atoms with Crippen molar-refractivity contribution in [3.8, 4) is 67.9 Å². The van der Waals surface area contributed by atoms with E-state index in [0.29, 0.717) is 27.9 Å². The number of aliphatic carboxylic acids is 2. The molecule has 4 aromatic rings. The van der Waals surface area contributed by atoms with E-state index in [1.807, 2.05) is 12.1 Å². The van der Waals surface area contributed by atoms with Crippen molar-refractivity contribution >= 4 is 45.3 Å². The standard InChI is InChI=1S/C33H34N2O7.C29H30N2O3.C5H12.2ClH/c36-30(37)20-40-26-8-7-9-27(41-21-31(38)39)33(26)32-24-12-10-22(34-14-3-1-4-15-34)18-28(24)42-29-19-23(11-13-25(29)32)35-16-5-2-6-17-35;32-24-8-7-9-25(33)29(24)28-22-12-10-20(30-14-3-1-4-15-30)18-26(22)34-27-19-21(11-13-23(27)28)31-16-5-2-6-17-31;1-5(2,3)4;;/h7-13,18-19H,1-6,14-17,20-21H2,(H-,36,37,38,39);7-13,18-19H,1-6,14-17H2,(H,32,33);1-4H3;2*1H. The SMILES string of the molecule is CC(C)(C)C.O=C(O)COc1cccc(OCC(=O)O)c1-c1c2ccc(=[N+]3CCCCC3)cc-2oc2cc(N3CCCCC3)ccc12.Oc1cccc(O)c1-c1c2ccc(=[N+]3CCCCC3)cc-2oc2cc(N3CCCCC3)ccc12.[Cl-].[Cl-]. The zero-order chi connectivity index (χ0) is 56.6. The van der Waals surface area contributed by atoms with E-state index in [1.165, 1.54) is 51.4 Å². The molecule has 2 aliphatic carbocycles.